The molecular weight excluding hydrogens is 210 g/mol. The van der Waals surface area contributed by atoms with E-state index in [1.165, 1.54) is 0 Å². The van der Waals surface area contributed by atoms with Crippen LogP contribution in [0.2, 0.25) is 5.28 Å². The van der Waals surface area contributed by atoms with Crippen molar-refractivity contribution in [2.24, 2.45) is 0 Å². The molecule has 0 aliphatic carbocycles. The molecule has 2 aromatic rings. The predicted octanol–water partition coefficient (Wildman–Crippen LogP) is 2.81. The summed E-state index contributed by atoms with van der Waals surface area (Å²) in [5, 5.41) is 0.279. The average Bonchev–Trinajstić information content (AvgIpc) is 2.16. The van der Waals surface area contributed by atoms with Gasteiger partial charge in [-0.25, -0.2) is 9.97 Å². The Morgan fingerprint density at radius 1 is 1.20 bits per heavy atom. The van der Waals surface area contributed by atoms with Gasteiger partial charge in [0.1, 0.15) is 0 Å². The summed E-state index contributed by atoms with van der Waals surface area (Å²) in [6, 6.07) is 3.83. The first-order chi connectivity index (χ1) is 7.16. The van der Waals surface area contributed by atoms with Crippen LogP contribution < -0.4 is 0 Å². The van der Waals surface area contributed by atoms with Gasteiger partial charge < -0.3 is 0 Å². The highest BCUT2D eigenvalue weighted by Gasteiger charge is 2.05. The fraction of sp³-hybridized carbons (Fsp3) is 0.182. The predicted molar refractivity (Wildman–Crippen MR) is 59.7 cm³/mol. The van der Waals surface area contributed by atoms with Crippen LogP contribution in [0.5, 0.6) is 0 Å². The van der Waals surface area contributed by atoms with Crippen LogP contribution in [0.15, 0.2) is 24.5 Å². The lowest BCUT2D eigenvalue weighted by Crippen LogP contribution is -1.92. The molecule has 0 aliphatic rings. The Bertz CT molecular complexity index is 477. The number of pyridine rings is 1. The van der Waals surface area contributed by atoms with Gasteiger partial charge in [-0.15, -0.1) is 0 Å². The average molecular weight is 220 g/mol. The van der Waals surface area contributed by atoms with Crippen LogP contribution in [0.1, 0.15) is 11.3 Å². The summed E-state index contributed by atoms with van der Waals surface area (Å²) in [7, 11) is 0. The molecule has 0 saturated carbocycles. The smallest absolute Gasteiger partial charge is 0.223 e. The molecule has 2 heterocycles. The van der Waals surface area contributed by atoms with Crippen LogP contribution >= 0.6 is 11.6 Å². The van der Waals surface area contributed by atoms with Gasteiger partial charge in [0.2, 0.25) is 5.28 Å². The highest BCUT2D eigenvalue weighted by molar-refractivity contribution is 6.28. The summed E-state index contributed by atoms with van der Waals surface area (Å²) in [5.74, 6) is 0. The summed E-state index contributed by atoms with van der Waals surface area (Å²) in [6.45, 7) is 3.89. The molecule has 15 heavy (non-hydrogen) atoms. The number of aromatic nitrogens is 3. The first-order valence-corrected chi connectivity index (χ1v) is 4.97. The lowest BCUT2D eigenvalue weighted by Gasteiger charge is -2.05. The molecule has 0 radical (unpaired) electrons. The van der Waals surface area contributed by atoms with E-state index < -0.39 is 0 Å². The van der Waals surface area contributed by atoms with Crippen molar-refractivity contribution in [3.8, 4) is 11.3 Å². The minimum absolute atomic E-state index is 0.279. The first kappa shape index (κ1) is 10.1. The van der Waals surface area contributed by atoms with Gasteiger partial charge >= 0.3 is 0 Å². The summed E-state index contributed by atoms with van der Waals surface area (Å²) in [4.78, 5) is 12.3. The van der Waals surface area contributed by atoms with E-state index in [1.807, 2.05) is 26.0 Å². The van der Waals surface area contributed by atoms with E-state index in [-0.39, 0.29) is 5.28 Å². The molecule has 0 fully saturated rings. The van der Waals surface area contributed by atoms with Crippen molar-refractivity contribution < 1.29 is 0 Å². The normalized spacial score (nSPS) is 10.3. The van der Waals surface area contributed by atoms with Gasteiger partial charge in [-0.1, -0.05) is 0 Å². The summed E-state index contributed by atoms with van der Waals surface area (Å²) in [5.41, 5.74) is 3.82. The molecule has 4 heteroatoms. The van der Waals surface area contributed by atoms with E-state index in [1.54, 1.807) is 12.4 Å². The number of halogens is 1. The van der Waals surface area contributed by atoms with Crippen molar-refractivity contribution in [3.05, 3.63) is 41.1 Å². The minimum Gasteiger partial charge on any atom is -0.264 e. The summed E-state index contributed by atoms with van der Waals surface area (Å²) in [6.07, 6.45) is 3.55. The number of hydrogen-bond acceptors (Lipinski definition) is 3. The SMILES string of the molecule is Cc1cc(-c2ccncc2C)nc(Cl)n1. The van der Waals surface area contributed by atoms with Gasteiger partial charge in [0, 0.05) is 23.7 Å². The number of rotatable bonds is 1. The molecule has 2 aromatic heterocycles. The lowest BCUT2D eigenvalue weighted by molar-refractivity contribution is 1.10. The van der Waals surface area contributed by atoms with E-state index in [2.05, 4.69) is 15.0 Å². The van der Waals surface area contributed by atoms with Gasteiger partial charge in [-0.2, -0.15) is 0 Å². The molecule has 0 spiro atoms. The van der Waals surface area contributed by atoms with Gasteiger partial charge in [0.15, 0.2) is 0 Å². The Hall–Kier alpha value is -1.48. The van der Waals surface area contributed by atoms with Crippen molar-refractivity contribution in [2.75, 3.05) is 0 Å². The third kappa shape index (κ3) is 2.13. The zero-order valence-corrected chi connectivity index (χ0v) is 9.28. The minimum atomic E-state index is 0.279. The Balaban J connectivity index is 2.59. The van der Waals surface area contributed by atoms with E-state index in [9.17, 15) is 0 Å². The van der Waals surface area contributed by atoms with Crippen LogP contribution in [0, 0.1) is 13.8 Å². The van der Waals surface area contributed by atoms with Crippen LogP contribution in [-0.2, 0) is 0 Å². The largest absolute Gasteiger partial charge is 0.264 e. The second-order valence-corrected chi connectivity index (χ2v) is 3.69. The molecule has 76 valence electrons. The lowest BCUT2D eigenvalue weighted by atomic mass is 10.1. The maximum absolute atomic E-state index is 5.81. The van der Waals surface area contributed by atoms with Gasteiger partial charge in [-0.05, 0) is 43.1 Å². The topological polar surface area (TPSA) is 38.7 Å². The van der Waals surface area contributed by atoms with E-state index in [0.29, 0.717) is 0 Å². The third-order valence-electron chi connectivity index (χ3n) is 2.12. The molecular formula is C11H10ClN3. The monoisotopic (exact) mass is 219 g/mol. The van der Waals surface area contributed by atoms with E-state index >= 15 is 0 Å². The Kier molecular flexibility index (Phi) is 2.64. The van der Waals surface area contributed by atoms with Gasteiger partial charge in [0.25, 0.3) is 0 Å². The zero-order valence-electron chi connectivity index (χ0n) is 8.53. The van der Waals surface area contributed by atoms with Gasteiger partial charge in [0.05, 0.1) is 5.69 Å². The fourth-order valence-electron chi connectivity index (χ4n) is 1.43. The van der Waals surface area contributed by atoms with Crippen molar-refractivity contribution >= 4 is 11.6 Å². The Labute approximate surface area is 93.2 Å². The number of aryl methyl sites for hydroxylation is 2. The van der Waals surface area contributed by atoms with Gasteiger partial charge in [-0.3, -0.25) is 4.98 Å². The molecule has 0 N–H and O–H groups in total. The van der Waals surface area contributed by atoms with Crippen molar-refractivity contribution in [2.45, 2.75) is 13.8 Å². The molecule has 2 rings (SSSR count). The van der Waals surface area contributed by atoms with E-state index in [0.717, 1.165) is 22.5 Å². The first-order valence-electron chi connectivity index (χ1n) is 4.59. The van der Waals surface area contributed by atoms with Crippen molar-refractivity contribution in [1.29, 1.82) is 0 Å². The Morgan fingerprint density at radius 3 is 2.67 bits per heavy atom. The molecule has 0 amide bonds. The Morgan fingerprint density at radius 2 is 2.00 bits per heavy atom. The molecule has 0 atom stereocenters. The maximum atomic E-state index is 5.81. The number of nitrogens with zero attached hydrogens (tertiary/aromatic N) is 3. The standard InChI is InChI=1S/C11H10ClN3/c1-7-6-13-4-3-9(7)10-5-8(2)14-11(12)15-10/h3-6H,1-2H3. The molecule has 3 nitrogen and oxygen atoms in total. The molecule has 0 saturated heterocycles. The van der Waals surface area contributed by atoms with Crippen LogP contribution in [-0.4, -0.2) is 15.0 Å². The summed E-state index contributed by atoms with van der Waals surface area (Å²) >= 11 is 5.81. The highest BCUT2D eigenvalue weighted by Crippen LogP contribution is 2.21. The second kappa shape index (κ2) is 3.95. The van der Waals surface area contributed by atoms with Crippen LogP contribution in [0.4, 0.5) is 0 Å². The zero-order chi connectivity index (χ0) is 10.8. The highest BCUT2D eigenvalue weighted by atomic mass is 35.5. The van der Waals surface area contributed by atoms with Crippen molar-refractivity contribution in [3.63, 3.8) is 0 Å². The third-order valence-corrected chi connectivity index (χ3v) is 2.29. The molecule has 0 unspecified atom stereocenters. The van der Waals surface area contributed by atoms with Crippen LogP contribution in [0.3, 0.4) is 0 Å². The van der Waals surface area contributed by atoms with Crippen LogP contribution in [0.25, 0.3) is 11.3 Å². The van der Waals surface area contributed by atoms with Crippen molar-refractivity contribution in [1.82, 2.24) is 15.0 Å². The molecule has 0 aliphatic heterocycles. The quantitative estimate of drug-likeness (QED) is 0.693. The maximum Gasteiger partial charge on any atom is 0.223 e. The number of hydrogen-bond donors (Lipinski definition) is 0. The fourth-order valence-corrected chi connectivity index (χ4v) is 1.66. The van der Waals surface area contributed by atoms with E-state index in [4.69, 9.17) is 11.6 Å². The molecule has 0 aromatic carbocycles. The summed E-state index contributed by atoms with van der Waals surface area (Å²) < 4.78 is 0. The second-order valence-electron chi connectivity index (χ2n) is 3.35. The molecule has 0 bridgehead atoms.